The second kappa shape index (κ2) is 3.98. The topological polar surface area (TPSA) is 78.0 Å². The fraction of sp³-hybridized carbons (Fsp3) is 0.300. The van der Waals surface area contributed by atoms with Crippen LogP contribution in [0.5, 0.6) is 0 Å². The van der Waals surface area contributed by atoms with Crippen molar-refractivity contribution in [3.05, 3.63) is 36.3 Å². The highest BCUT2D eigenvalue weighted by Gasteiger charge is 2.20. The van der Waals surface area contributed by atoms with Crippen molar-refractivity contribution in [2.75, 3.05) is 6.61 Å². The van der Waals surface area contributed by atoms with Gasteiger partial charge in [-0.1, -0.05) is 6.07 Å². The molecule has 0 aliphatic heterocycles. The van der Waals surface area contributed by atoms with Crippen molar-refractivity contribution in [2.24, 2.45) is 0 Å². The lowest BCUT2D eigenvalue weighted by Crippen LogP contribution is -2.23. The average molecular weight is 208 g/mol. The Morgan fingerprint density at radius 2 is 2.13 bits per heavy atom. The van der Waals surface area contributed by atoms with E-state index < -0.39 is 18.8 Å². The number of pyridine rings is 1. The molecule has 0 aliphatic rings. The highest BCUT2D eigenvalue weighted by molar-refractivity contribution is 5.40. The van der Waals surface area contributed by atoms with Crippen molar-refractivity contribution in [1.82, 2.24) is 9.38 Å². The Balaban J connectivity index is 2.43. The number of fused-ring (bicyclic) bond motifs is 1. The van der Waals surface area contributed by atoms with Crippen LogP contribution in [-0.4, -0.2) is 37.4 Å². The minimum atomic E-state index is -1.19. The van der Waals surface area contributed by atoms with Crippen molar-refractivity contribution in [2.45, 2.75) is 12.2 Å². The van der Waals surface area contributed by atoms with E-state index in [0.29, 0.717) is 11.3 Å². The van der Waals surface area contributed by atoms with Gasteiger partial charge < -0.3 is 19.7 Å². The molecule has 2 heterocycles. The Morgan fingerprint density at radius 1 is 1.33 bits per heavy atom. The van der Waals surface area contributed by atoms with Gasteiger partial charge in [-0.3, -0.25) is 0 Å². The van der Waals surface area contributed by atoms with Gasteiger partial charge in [-0.15, -0.1) is 0 Å². The van der Waals surface area contributed by atoms with E-state index in [1.165, 1.54) is 6.20 Å². The molecule has 0 fully saturated rings. The van der Waals surface area contributed by atoms with Crippen LogP contribution in [0.25, 0.3) is 5.65 Å². The predicted octanol–water partition coefficient (Wildman–Crippen LogP) is -0.279. The molecule has 0 bridgehead atoms. The lowest BCUT2D eigenvalue weighted by atomic mass is 10.1. The van der Waals surface area contributed by atoms with Crippen molar-refractivity contribution in [3.63, 3.8) is 0 Å². The highest BCUT2D eigenvalue weighted by atomic mass is 16.4. The lowest BCUT2D eigenvalue weighted by molar-refractivity contribution is -0.0176. The number of imidazole rings is 1. The summed E-state index contributed by atoms with van der Waals surface area (Å²) in [6.45, 7) is -0.485. The average Bonchev–Trinajstić information content (AvgIpc) is 2.70. The summed E-state index contributed by atoms with van der Waals surface area (Å²) in [5.74, 6) is 0. The molecule has 2 rings (SSSR count). The maximum atomic E-state index is 9.71. The molecule has 80 valence electrons. The minimum Gasteiger partial charge on any atom is -0.394 e. The molecule has 0 aliphatic carbocycles. The zero-order valence-corrected chi connectivity index (χ0v) is 7.98. The molecule has 5 heteroatoms. The molecule has 0 saturated carbocycles. The molecule has 0 spiro atoms. The van der Waals surface area contributed by atoms with Gasteiger partial charge >= 0.3 is 0 Å². The maximum absolute atomic E-state index is 9.71. The van der Waals surface area contributed by atoms with E-state index in [9.17, 15) is 10.2 Å². The third-order valence-corrected chi connectivity index (χ3v) is 2.30. The number of aromatic nitrogens is 2. The van der Waals surface area contributed by atoms with E-state index in [-0.39, 0.29) is 0 Å². The van der Waals surface area contributed by atoms with E-state index in [1.807, 2.05) is 6.07 Å². The standard InChI is InChI=1S/C10H12N2O3/c13-6-8(14)10(15)7-5-11-9-3-1-2-4-12(7)9/h1-5,8,10,13-15H,6H2. The molecule has 0 saturated heterocycles. The van der Waals surface area contributed by atoms with Crippen molar-refractivity contribution >= 4 is 5.65 Å². The summed E-state index contributed by atoms with van der Waals surface area (Å²) in [4.78, 5) is 4.07. The minimum absolute atomic E-state index is 0.465. The summed E-state index contributed by atoms with van der Waals surface area (Å²) >= 11 is 0. The van der Waals surface area contributed by atoms with Crippen LogP contribution in [0.1, 0.15) is 11.8 Å². The predicted molar refractivity (Wildman–Crippen MR) is 53.2 cm³/mol. The van der Waals surface area contributed by atoms with Gasteiger partial charge in [0.1, 0.15) is 17.9 Å². The van der Waals surface area contributed by atoms with Gasteiger partial charge in [0.2, 0.25) is 0 Å². The second-order valence-electron chi connectivity index (χ2n) is 3.31. The summed E-state index contributed by atoms with van der Waals surface area (Å²) < 4.78 is 1.67. The van der Waals surface area contributed by atoms with Gasteiger partial charge in [0, 0.05) is 6.20 Å². The molecule has 2 unspecified atom stereocenters. The van der Waals surface area contributed by atoms with Crippen LogP contribution in [0, 0.1) is 0 Å². The van der Waals surface area contributed by atoms with Gasteiger partial charge in [0.25, 0.3) is 0 Å². The second-order valence-corrected chi connectivity index (χ2v) is 3.31. The maximum Gasteiger partial charge on any atom is 0.136 e. The number of hydrogen-bond acceptors (Lipinski definition) is 4. The van der Waals surface area contributed by atoms with Gasteiger partial charge in [-0.25, -0.2) is 4.98 Å². The monoisotopic (exact) mass is 208 g/mol. The molecule has 3 N–H and O–H groups in total. The normalized spacial score (nSPS) is 15.4. The van der Waals surface area contributed by atoms with Crippen molar-refractivity contribution < 1.29 is 15.3 Å². The van der Waals surface area contributed by atoms with E-state index in [2.05, 4.69) is 4.98 Å². The van der Waals surface area contributed by atoms with Crippen LogP contribution in [-0.2, 0) is 0 Å². The van der Waals surface area contributed by atoms with Gasteiger partial charge in [-0.05, 0) is 12.1 Å². The first-order chi connectivity index (χ1) is 7.24. The van der Waals surface area contributed by atoms with E-state index >= 15 is 0 Å². The van der Waals surface area contributed by atoms with Crippen LogP contribution in [0.4, 0.5) is 0 Å². The van der Waals surface area contributed by atoms with Crippen LogP contribution in [0.2, 0.25) is 0 Å². The van der Waals surface area contributed by atoms with Gasteiger partial charge in [-0.2, -0.15) is 0 Å². The largest absolute Gasteiger partial charge is 0.394 e. The molecule has 2 atom stereocenters. The quantitative estimate of drug-likeness (QED) is 0.648. The molecule has 2 aromatic heterocycles. The van der Waals surface area contributed by atoms with Crippen molar-refractivity contribution in [3.8, 4) is 0 Å². The van der Waals surface area contributed by atoms with Crippen molar-refractivity contribution in [1.29, 1.82) is 0 Å². The summed E-state index contributed by atoms with van der Waals surface area (Å²) in [5.41, 5.74) is 1.16. The van der Waals surface area contributed by atoms with E-state index in [0.717, 1.165) is 0 Å². The summed E-state index contributed by atoms with van der Waals surface area (Å²) in [6.07, 6.45) is 0.904. The van der Waals surface area contributed by atoms with Crippen LogP contribution < -0.4 is 0 Å². The lowest BCUT2D eigenvalue weighted by Gasteiger charge is -2.14. The molecule has 0 radical (unpaired) electrons. The molecular formula is C10H12N2O3. The van der Waals surface area contributed by atoms with Gasteiger partial charge in [0.05, 0.1) is 18.5 Å². The third kappa shape index (κ3) is 1.72. The van der Waals surface area contributed by atoms with E-state index in [4.69, 9.17) is 5.11 Å². The zero-order valence-electron chi connectivity index (χ0n) is 7.98. The molecule has 0 aromatic carbocycles. The Morgan fingerprint density at radius 3 is 2.87 bits per heavy atom. The Hall–Kier alpha value is -1.43. The molecule has 15 heavy (non-hydrogen) atoms. The number of rotatable bonds is 3. The number of nitrogens with zero attached hydrogens (tertiary/aromatic N) is 2. The Kier molecular flexibility index (Phi) is 2.68. The van der Waals surface area contributed by atoms with Gasteiger partial charge in [0.15, 0.2) is 0 Å². The molecule has 2 aromatic rings. The first-order valence-electron chi connectivity index (χ1n) is 4.63. The summed E-state index contributed by atoms with van der Waals surface area (Å²) in [5, 5.41) is 27.8. The van der Waals surface area contributed by atoms with E-state index in [1.54, 1.807) is 22.7 Å². The highest BCUT2D eigenvalue weighted by Crippen LogP contribution is 2.17. The van der Waals surface area contributed by atoms with Crippen LogP contribution >= 0.6 is 0 Å². The fourth-order valence-corrected chi connectivity index (χ4v) is 1.47. The third-order valence-electron chi connectivity index (χ3n) is 2.30. The summed E-state index contributed by atoms with van der Waals surface area (Å²) in [7, 11) is 0. The number of aliphatic hydroxyl groups is 3. The molecular weight excluding hydrogens is 196 g/mol. The van der Waals surface area contributed by atoms with Crippen LogP contribution in [0.15, 0.2) is 30.6 Å². The first-order valence-corrected chi connectivity index (χ1v) is 4.63. The van der Waals surface area contributed by atoms with Crippen LogP contribution in [0.3, 0.4) is 0 Å². The first kappa shape index (κ1) is 10.1. The SMILES string of the molecule is OCC(O)C(O)c1cnc2ccccn12. The Labute approximate surface area is 86.2 Å². The Bertz CT molecular complexity index is 455. The zero-order chi connectivity index (χ0) is 10.8. The summed E-state index contributed by atoms with van der Waals surface area (Å²) in [6, 6.07) is 5.43. The number of hydrogen-bond donors (Lipinski definition) is 3. The molecule has 0 amide bonds. The number of aliphatic hydroxyl groups excluding tert-OH is 3. The fourth-order valence-electron chi connectivity index (χ4n) is 1.47. The smallest absolute Gasteiger partial charge is 0.136 e. The molecule has 5 nitrogen and oxygen atoms in total.